The first-order chi connectivity index (χ1) is 5.38. The first-order valence-corrected chi connectivity index (χ1v) is 3.68. The Morgan fingerprint density at radius 3 is 2.58 bits per heavy atom. The number of fused-ring (bicyclic) bond motifs is 1. The number of hydrogen-bond acceptors (Lipinski definition) is 1. The molecule has 0 N–H and O–H groups in total. The van der Waals surface area contributed by atoms with Crippen LogP contribution in [-0.2, 0) is 0 Å². The Morgan fingerprint density at radius 2 is 1.83 bits per heavy atom. The molecule has 1 aromatic heterocycles. The van der Waals surface area contributed by atoms with Crippen LogP contribution in [-0.4, -0.2) is 4.98 Å². The average molecular weight is 157 g/mol. The molecular weight excluding hydrogens is 148 g/mol. The fourth-order valence-electron chi connectivity index (χ4n) is 1.24. The molecule has 0 aliphatic carbocycles. The number of benzene rings is 1. The van der Waals surface area contributed by atoms with E-state index >= 15 is 0 Å². The van der Waals surface area contributed by atoms with Gasteiger partial charge in [-0.1, -0.05) is 18.2 Å². The van der Waals surface area contributed by atoms with Gasteiger partial charge in [-0.25, -0.2) is 0 Å². The van der Waals surface area contributed by atoms with Gasteiger partial charge in [0.25, 0.3) is 0 Å². The van der Waals surface area contributed by atoms with Crippen LogP contribution >= 0.6 is 0 Å². The lowest BCUT2D eigenvalue weighted by Crippen LogP contribution is -1.79. The van der Waals surface area contributed by atoms with Crippen molar-refractivity contribution < 1.29 is 0 Å². The number of nitrogens with zero attached hydrogens (tertiary/aromatic N) is 2. The SMILES string of the molecule is Cc1ccnc2ccccc12.[N]. The Balaban J connectivity index is 0.000000720. The lowest BCUT2D eigenvalue weighted by molar-refractivity contribution is 1.37. The summed E-state index contributed by atoms with van der Waals surface area (Å²) < 4.78 is 0. The molecule has 0 spiro atoms. The molecule has 0 saturated heterocycles. The fourth-order valence-corrected chi connectivity index (χ4v) is 1.24. The second-order valence-corrected chi connectivity index (χ2v) is 2.64. The van der Waals surface area contributed by atoms with Crippen molar-refractivity contribution in [2.24, 2.45) is 0 Å². The smallest absolute Gasteiger partial charge is 0.0704 e. The van der Waals surface area contributed by atoms with Gasteiger partial charge in [0.2, 0.25) is 0 Å². The molecular formula is C10H9N2. The van der Waals surface area contributed by atoms with Gasteiger partial charge in [-0.2, -0.15) is 0 Å². The predicted octanol–water partition coefficient (Wildman–Crippen LogP) is 2.06. The first kappa shape index (κ1) is 8.68. The number of aryl methyl sites for hydroxylation is 1. The topological polar surface area (TPSA) is 43.4 Å². The molecule has 0 amide bonds. The average Bonchev–Trinajstić information content (AvgIpc) is 2.06. The number of pyridine rings is 1. The van der Waals surface area contributed by atoms with E-state index in [1.165, 1.54) is 10.9 Å². The van der Waals surface area contributed by atoms with E-state index in [0.717, 1.165) is 5.52 Å². The maximum atomic E-state index is 4.24. The van der Waals surface area contributed by atoms with E-state index < -0.39 is 0 Å². The number of hydrogen-bond donors (Lipinski definition) is 0. The highest BCUT2D eigenvalue weighted by Gasteiger charge is 1.93. The quantitative estimate of drug-likeness (QED) is 0.577. The minimum atomic E-state index is 0. The van der Waals surface area contributed by atoms with Crippen LogP contribution in [0.2, 0.25) is 0 Å². The Bertz CT molecular complexity index is 377. The van der Waals surface area contributed by atoms with Crippen LogP contribution in [0.4, 0.5) is 0 Å². The Labute approximate surface area is 71.8 Å². The zero-order chi connectivity index (χ0) is 7.68. The van der Waals surface area contributed by atoms with Crippen molar-refractivity contribution in [3.63, 3.8) is 0 Å². The van der Waals surface area contributed by atoms with Crippen molar-refractivity contribution in [3.05, 3.63) is 42.1 Å². The van der Waals surface area contributed by atoms with Crippen molar-refractivity contribution in [1.29, 1.82) is 0 Å². The summed E-state index contributed by atoms with van der Waals surface area (Å²) >= 11 is 0. The molecule has 59 valence electrons. The van der Waals surface area contributed by atoms with Crippen molar-refractivity contribution in [1.82, 2.24) is 11.1 Å². The minimum Gasteiger partial charge on any atom is -0.256 e. The molecule has 0 atom stereocenters. The van der Waals surface area contributed by atoms with Crippen LogP contribution in [0, 0.1) is 6.92 Å². The summed E-state index contributed by atoms with van der Waals surface area (Å²) in [5.41, 5.74) is 2.36. The largest absolute Gasteiger partial charge is 0.256 e. The number of aromatic nitrogens is 1. The Morgan fingerprint density at radius 1 is 1.08 bits per heavy atom. The van der Waals surface area contributed by atoms with Crippen LogP contribution in [0.25, 0.3) is 10.9 Å². The maximum absolute atomic E-state index is 4.24. The molecule has 0 aliphatic rings. The molecule has 2 nitrogen and oxygen atoms in total. The molecule has 0 aliphatic heterocycles. The van der Waals surface area contributed by atoms with E-state index in [4.69, 9.17) is 0 Å². The van der Waals surface area contributed by atoms with Gasteiger partial charge in [0.15, 0.2) is 0 Å². The normalized spacial score (nSPS) is 9.42. The van der Waals surface area contributed by atoms with Crippen LogP contribution in [0.5, 0.6) is 0 Å². The monoisotopic (exact) mass is 157 g/mol. The van der Waals surface area contributed by atoms with Crippen molar-refractivity contribution in [3.8, 4) is 0 Å². The highest BCUT2D eigenvalue weighted by atomic mass is 14.6. The lowest BCUT2D eigenvalue weighted by Gasteiger charge is -1.97. The van der Waals surface area contributed by atoms with Crippen LogP contribution in [0.1, 0.15) is 5.56 Å². The number of para-hydroxylation sites is 1. The van der Waals surface area contributed by atoms with Gasteiger partial charge in [-0.15, -0.1) is 0 Å². The summed E-state index contributed by atoms with van der Waals surface area (Å²) in [5.74, 6) is 0. The minimum absolute atomic E-state index is 0. The number of rotatable bonds is 0. The van der Waals surface area contributed by atoms with E-state index in [0.29, 0.717) is 0 Å². The summed E-state index contributed by atoms with van der Waals surface area (Å²) in [6.07, 6.45) is 1.84. The van der Waals surface area contributed by atoms with Gasteiger partial charge in [-0.05, 0) is 24.6 Å². The van der Waals surface area contributed by atoms with Gasteiger partial charge in [0, 0.05) is 17.7 Å². The Hall–Kier alpha value is -1.41. The third-order valence-electron chi connectivity index (χ3n) is 1.87. The van der Waals surface area contributed by atoms with Crippen LogP contribution < -0.4 is 6.15 Å². The predicted molar refractivity (Wildman–Crippen MR) is 48.6 cm³/mol. The molecule has 12 heavy (non-hydrogen) atoms. The first-order valence-electron chi connectivity index (χ1n) is 3.68. The van der Waals surface area contributed by atoms with Gasteiger partial charge < -0.3 is 0 Å². The zero-order valence-electron chi connectivity index (χ0n) is 6.86. The van der Waals surface area contributed by atoms with E-state index in [2.05, 4.69) is 18.0 Å². The summed E-state index contributed by atoms with van der Waals surface area (Å²) in [7, 11) is 0. The molecule has 2 heteroatoms. The second kappa shape index (κ2) is 3.32. The van der Waals surface area contributed by atoms with Gasteiger partial charge in [0.1, 0.15) is 0 Å². The summed E-state index contributed by atoms with van der Waals surface area (Å²) in [5, 5.41) is 1.25. The van der Waals surface area contributed by atoms with E-state index in [1.807, 2.05) is 30.5 Å². The van der Waals surface area contributed by atoms with Crippen LogP contribution in [0.15, 0.2) is 36.5 Å². The molecule has 2 rings (SSSR count). The third-order valence-corrected chi connectivity index (χ3v) is 1.87. The van der Waals surface area contributed by atoms with E-state index in [1.54, 1.807) is 0 Å². The molecule has 3 radical (unpaired) electrons. The fraction of sp³-hybridized carbons (Fsp3) is 0.100. The van der Waals surface area contributed by atoms with Gasteiger partial charge in [-0.3, -0.25) is 4.98 Å². The zero-order valence-corrected chi connectivity index (χ0v) is 6.86. The molecule has 1 heterocycles. The Kier molecular flexibility index (Phi) is 2.41. The molecule has 1 aromatic carbocycles. The second-order valence-electron chi connectivity index (χ2n) is 2.64. The van der Waals surface area contributed by atoms with Gasteiger partial charge >= 0.3 is 0 Å². The standard InChI is InChI=1S/C10H9N.N/c1-8-6-7-11-10-5-3-2-4-9(8)10;/h2-7H,1H3;. The molecule has 0 unspecified atom stereocenters. The summed E-state index contributed by atoms with van der Waals surface area (Å²) in [6, 6.07) is 10.2. The molecule has 0 fully saturated rings. The summed E-state index contributed by atoms with van der Waals surface area (Å²) in [4.78, 5) is 4.24. The van der Waals surface area contributed by atoms with E-state index in [-0.39, 0.29) is 6.15 Å². The maximum Gasteiger partial charge on any atom is 0.0704 e. The van der Waals surface area contributed by atoms with Crippen molar-refractivity contribution in [2.45, 2.75) is 6.92 Å². The summed E-state index contributed by atoms with van der Waals surface area (Å²) in [6.45, 7) is 2.10. The lowest BCUT2D eigenvalue weighted by atomic mass is 10.1. The third kappa shape index (κ3) is 1.29. The van der Waals surface area contributed by atoms with E-state index in [9.17, 15) is 0 Å². The molecule has 0 saturated carbocycles. The molecule has 2 aromatic rings. The van der Waals surface area contributed by atoms with Crippen molar-refractivity contribution in [2.75, 3.05) is 0 Å². The van der Waals surface area contributed by atoms with Gasteiger partial charge in [0.05, 0.1) is 5.52 Å². The molecule has 0 bridgehead atoms. The van der Waals surface area contributed by atoms with Crippen molar-refractivity contribution >= 4 is 10.9 Å². The highest BCUT2D eigenvalue weighted by molar-refractivity contribution is 5.81. The highest BCUT2D eigenvalue weighted by Crippen LogP contribution is 2.13. The van der Waals surface area contributed by atoms with Crippen LogP contribution in [0.3, 0.4) is 0 Å².